The number of imidazole rings is 1. The second kappa shape index (κ2) is 6.11. The molecule has 0 radical (unpaired) electrons. The lowest BCUT2D eigenvalue weighted by Gasteiger charge is -2.23. The molecule has 1 saturated carbocycles. The van der Waals surface area contributed by atoms with Gasteiger partial charge in [-0.3, -0.25) is 4.57 Å². The number of hydrogen-bond acceptors (Lipinski definition) is 2. The minimum absolute atomic E-state index is 0.208. The predicted octanol–water partition coefficient (Wildman–Crippen LogP) is 4.36. The second-order valence-electron chi connectivity index (χ2n) is 5.20. The molecule has 0 spiro atoms. The van der Waals surface area contributed by atoms with Gasteiger partial charge in [0.15, 0.2) is 0 Å². The zero-order chi connectivity index (χ0) is 13.9. The van der Waals surface area contributed by atoms with E-state index in [9.17, 15) is 4.39 Å². The van der Waals surface area contributed by atoms with Gasteiger partial charge >= 0.3 is 0 Å². The number of hydrogen-bond donors (Lipinski definition) is 1. The van der Waals surface area contributed by atoms with Crippen LogP contribution in [0.4, 0.5) is 10.3 Å². The van der Waals surface area contributed by atoms with Crippen molar-refractivity contribution in [1.29, 1.82) is 0 Å². The highest BCUT2D eigenvalue weighted by Gasteiger charge is 2.16. The van der Waals surface area contributed by atoms with Gasteiger partial charge in [-0.25, -0.2) is 9.37 Å². The van der Waals surface area contributed by atoms with Gasteiger partial charge in [-0.2, -0.15) is 0 Å². The highest BCUT2D eigenvalue weighted by atomic mass is 127. The molecular formula is C15H17FIN3. The maximum atomic E-state index is 13.2. The Hall–Kier alpha value is -1.11. The summed E-state index contributed by atoms with van der Waals surface area (Å²) in [5.41, 5.74) is 0.961. The van der Waals surface area contributed by atoms with E-state index in [4.69, 9.17) is 0 Å². The monoisotopic (exact) mass is 385 g/mol. The van der Waals surface area contributed by atoms with Crippen LogP contribution < -0.4 is 5.32 Å². The molecule has 1 heterocycles. The topological polar surface area (TPSA) is 29.9 Å². The van der Waals surface area contributed by atoms with Crippen LogP contribution in [0.1, 0.15) is 32.1 Å². The van der Waals surface area contributed by atoms with Gasteiger partial charge in [0.1, 0.15) is 5.82 Å². The molecule has 0 unspecified atom stereocenters. The summed E-state index contributed by atoms with van der Waals surface area (Å²) in [6, 6.07) is 5.33. The lowest BCUT2D eigenvalue weighted by Crippen LogP contribution is -2.24. The lowest BCUT2D eigenvalue weighted by molar-refractivity contribution is 0.460. The Morgan fingerprint density at radius 2 is 2.05 bits per heavy atom. The molecule has 0 aliphatic heterocycles. The molecule has 5 heteroatoms. The number of anilines is 1. The van der Waals surface area contributed by atoms with E-state index in [2.05, 4.69) is 32.9 Å². The van der Waals surface area contributed by atoms with E-state index in [0.29, 0.717) is 6.04 Å². The Balaban J connectivity index is 1.85. The summed E-state index contributed by atoms with van der Waals surface area (Å²) in [4.78, 5) is 4.40. The van der Waals surface area contributed by atoms with E-state index < -0.39 is 0 Å². The van der Waals surface area contributed by atoms with Gasteiger partial charge in [-0.15, -0.1) is 0 Å². The first kappa shape index (κ1) is 13.9. The Bertz CT molecular complexity index is 591. The summed E-state index contributed by atoms with van der Waals surface area (Å²) in [6.45, 7) is 0. The summed E-state index contributed by atoms with van der Waals surface area (Å²) in [5.74, 6) is 0.640. The molecular weight excluding hydrogens is 368 g/mol. The molecule has 20 heavy (non-hydrogen) atoms. The van der Waals surface area contributed by atoms with Crippen molar-refractivity contribution in [3.05, 3.63) is 40.0 Å². The van der Waals surface area contributed by atoms with Crippen molar-refractivity contribution in [3.8, 4) is 5.69 Å². The Kier molecular flexibility index (Phi) is 4.24. The Labute approximate surface area is 131 Å². The number of aromatic nitrogens is 2. The van der Waals surface area contributed by atoms with Crippen LogP contribution in [0.15, 0.2) is 30.6 Å². The van der Waals surface area contributed by atoms with E-state index in [1.54, 1.807) is 18.3 Å². The van der Waals surface area contributed by atoms with Gasteiger partial charge in [0.25, 0.3) is 0 Å². The van der Waals surface area contributed by atoms with Crippen molar-refractivity contribution in [3.63, 3.8) is 0 Å². The molecule has 106 valence electrons. The minimum Gasteiger partial charge on any atom is -0.353 e. The summed E-state index contributed by atoms with van der Waals surface area (Å²) in [7, 11) is 0. The molecule has 0 saturated heterocycles. The van der Waals surface area contributed by atoms with E-state index >= 15 is 0 Å². The lowest BCUT2D eigenvalue weighted by atomic mass is 9.96. The fourth-order valence-corrected chi connectivity index (χ4v) is 3.45. The van der Waals surface area contributed by atoms with Gasteiger partial charge in [-0.1, -0.05) is 19.3 Å². The van der Waals surface area contributed by atoms with Gasteiger partial charge in [0.05, 0.1) is 5.69 Å². The van der Waals surface area contributed by atoms with Crippen molar-refractivity contribution in [2.75, 3.05) is 5.32 Å². The van der Waals surface area contributed by atoms with Crippen molar-refractivity contribution in [2.45, 2.75) is 38.1 Å². The van der Waals surface area contributed by atoms with E-state index in [1.807, 2.05) is 10.8 Å². The second-order valence-corrected chi connectivity index (χ2v) is 6.36. The standard InChI is InChI=1S/C15H17FIN3/c16-11-6-7-14(13(17)10-11)20-9-8-18-15(20)19-12-4-2-1-3-5-12/h6-10,12H,1-5H2,(H,18,19). The highest BCUT2D eigenvalue weighted by molar-refractivity contribution is 14.1. The number of nitrogens with one attached hydrogen (secondary N) is 1. The molecule has 1 aromatic heterocycles. The summed E-state index contributed by atoms with van der Waals surface area (Å²) in [5, 5.41) is 3.52. The molecule has 0 bridgehead atoms. The Morgan fingerprint density at radius 3 is 2.80 bits per heavy atom. The molecule has 2 aromatic rings. The van der Waals surface area contributed by atoms with Crippen LogP contribution in [0, 0.1) is 9.39 Å². The maximum Gasteiger partial charge on any atom is 0.207 e. The average Bonchev–Trinajstić information content (AvgIpc) is 2.88. The van der Waals surface area contributed by atoms with Crippen LogP contribution in [0.5, 0.6) is 0 Å². The molecule has 3 rings (SSSR count). The molecule has 1 aromatic carbocycles. The zero-order valence-corrected chi connectivity index (χ0v) is 13.3. The van der Waals surface area contributed by atoms with Crippen LogP contribution in [0.2, 0.25) is 0 Å². The molecule has 0 amide bonds. The van der Waals surface area contributed by atoms with Crippen molar-refractivity contribution < 1.29 is 4.39 Å². The van der Waals surface area contributed by atoms with Crippen molar-refractivity contribution >= 4 is 28.5 Å². The SMILES string of the molecule is Fc1ccc(-n2ccnc2NC2CCCCC2)c(I)c1. The first-order valence-electron chi connectivity index (χ1n) is 6.99. The average molecular weight is 385 g/mol. The van der Waals surface area contributed by atoms with Crippen molar-refractivity contribution in [2.24, 2.45) is 0 Å². The smallest absolute Gasteiger partial charge is 0.207 e. The van der Waals surface area contributed by atoms with Gasteiger partial charge in [-0.05, 0) is 53.6 Å². The van der Waals surface area contributed by atoms with Crippen LogP contribution >= 0.6 is 22.6 Å². The molecule has 1 N–H and O–H groups in total. The van der Waals surface area contributed by atoms with Crippen LogP contribution in [-0.4, -0.2) is 15.6 Å². The van der Waals surface area contributed by atoms with Crippen molar-refractivity contribution in [1.82, 2.24) is 9.55 Å². The van der Waals surface area contributed by atoms with Gasteiger partial charge in [0, 0.05) is 22.0 Å². The highest BCUT2D eigenvalue weighted by Crippen LogP contribution is 2.25. The molecule has 1 aliphatic rings. The fraction of sp³-hybridized carbons (Fsp3) is 0.400. The number of nitrogens with zero attached hydrogens (tertiary/aromatic N) is 2. The third kappa shape index (κ3) is 2.97. The fourth-order valence-electron chi connectivity index (χ4n) is 2.71. The molecule has 3 nitrogen and oxygen atoms in total. The summed E-state index contributed by atoms with van der Waals surface area (Å²) in [6.07, 6.45) is 10.0. The number of benzene rings is 1. The van der Waals surface area contributed by atoms with E-state index in [0.717, 1.165) is 15.2 Å². The first-order valence-corrected chi connectivity index (χ1v) is 8.07. The first-order chi connectivity index (χ1) is 9.74. The van der Waals surface area contributed by atoms with E-state index in [-0.39, 0.29) is 5.82 Å². The predicted molar refractivity (Wildman–Crippen MR) is 86.7 cm³/mol. The summed E-state index contributed by atoms with van der Waals surface area (Å²) < 4.78 is 16.1. The largest absolute Gasteiger partial charge is 0.353 e. The van der Waals surface area contributed by atoms with Gasteiger partial charge in [0.2, 0.25) is 5.95 Å². The van der Waals surface area contributed by atoms with Crippen LogP contribution in [0.25, 0.3) is 5.69 Å². The van der Waals surface area contributed by atoms with E-state index in [1.165, 1.54) is 38.2 Å². The van der Waals surface area contributed by atoms with Gasteiger partial charge < -0.3 is 5.32 Å². The van der Waals surface area contributed by atoms with Crippen LogP contribution in [0.3, 0.4) is 0 Å². The normalized spacial score (nSPS) is 16.3. The summed E-state index contributed by atoms with van der Waals surface area (Å²) >= 11 is 2.16. The molecule has 0 atom stereocenters. The molecule has 1 fully saturated rings. The third-order valence-corrected chi connectivity index (χ3v) is 4.61. The Morgan fingerprint density at radius 1 is 1.25 bits per heavy atom. The number of halogens is 2. The molecule has 1 aliphatic carbocycles. The number of rotatable bonds is 3. The van der Waals surface area contributed by atoms with Crippen LogP contribution in [-0.2, 0) is 0 Å². The maximum absolute atomic E-state index is 13.2. The zero-order valence-electron chi connectivity index (χ0n) is 11.1. The quantitative estimate of drug-likeness (QED) is 0.796. The third-order valence-electron chi connectivity index (χ3n) is 3.75. The minimum atomic E-state index is -0.208.